The fourth-order valence-electron chi connectivity index (χ4n) is 11.9. The molecule has 37 nitrogen and oxygen atoms in total. The van der Waals surface area contributed by atoms with Gasteiger partial charge in [-0.25, -0.2) is 0 Å². The minimum Gasteiger partial charge on any atom is -0.462 e. The molecule has 97 heavy (non-hydrogen) atoms. The SMILES string of the molecule is CC(c1ccccc1)[C@@H]1NC(=O)CNC(=O)[C@H](CO)NC(=O)[C@@H](C(O)C2CN=C(N)N2[C@H]2O[C@H](CO)[C@@H](O)[C@H](O)[C@@H]2O)NC(=O)[C@H](C(O)C2CN=C(N)N2)NC(=O)[C@@H](Cc2ccc(O[C@H]3O[C@H](CO)[C@@H](O[C@H]4O[C@H](COCc5cccs5)[C@@H](O)[C@H](O)[C@@H]4O)[C@H](O)[C@@H]3O)cc2)NC1=O. The lowest BCUT2D eigenvalue weighted by molar-refractivity contribution is -0.353. The van der Waals surface area contributed by atoms with Crippen molar-refractivity contribution in [2.45, 2.75) is 172 Å². The van der Waals surface area contributed by atoms with E-state index in [9.17, 15) is 85.6 Å². The first-order valence-corrected chi connectivity index (χ1v) is 31.8. The van der Waals surface area contributed by atoms with Crippen molar-refractivity contribution in [2.24, 2.45) is 21.5 Å². The van der Waals surface area contributed by atoms with Gasteiger partial charge in [0.1, 0.15) is 121 Å². The molecule has 4 saturated heterocycles. The number of nitrogens with one attached hydrogen (secondary N) is 7. The normalized spacial score (nSPS) is 36.0. The van der Waals surface area contributed by atoms with Gasteiger partial charge in [-0.05, 0) is 34.7 Å². The number of amides is 6. The number of hydrogen-bond acceptors (Lipinski definition) is 32. The summed E-state index contributed by atoms with van der Waals surface area (Å²) in [7, 11) is 0. The number of guanidine groups is 2. The minimum atomic E-state index is -2.35. The van der Waals surface area contributed by atoms with E-state index in [0.717, 1.165) is 9.78 Å². The molecule has 25 atom stereocenters. The zero-order valence-electron chi connectivity index (χ0n) is 51.8. The number of carbonyl (C=O) groups is 6. The Morgan fingerprint density at radius 3 is 1.90 bits per heavy atom. The van der Waals surface area contributed by atoms with E-state index in [1.807, 2.05) is 17.5 Å². The summed E-state index contributed by atoms with van der Waals surface area (Å²) in [5.41, 5.74) is 12.9. The Hall–Kier alpha value is -7.42. The Bertz CT molecular complexity index is 3220. The molecule has 4 fully saturated rings. The van der Waals surface area contributed by atoms with E-state index in [1.54, 1.807) is 37.3 Å². The van der Waals surface area contributed by atoms with Gasteiger partial charge in [-0.1, -0.05) is 55.5 Å². The summed E-state index contributed by atoms with van der Waals surface area (Å²) in [6.45, 7) is -3.25. The molecule has 6 aliphatic heterocycles. The number of benzene rings is 2. The number of hydrogen-bond donors (Lipinski definition) is 22. The number of nitrogens with two attached hydrogens (primary N) is 2. The lowest BCUT2D eigenvalue weighted by atomic mass is 9.92. The highest BCUT2D eigenvalue weighted by Crippen LogP contribution is 2.33. The molecule has 0 aliphatic carbocycles. The molecule has 534 valence electrons. The van der Waals surface area contributed by atoms with Crippen molar-refractivity contribution in [3.8, 4) is 5.75 Å². The highest BCUT2D eigenvalue weighted by atomic mass is 32.1. The first-order valence-electron chi connectivity index (χ1n) is 30.9. The van der Waals surface area contributed by atoms with Gasteiger partial charge in [-0.3, -0.25) is 38.8 Å². The molecule has 6 amide bonds. The van der Waals surface area contributed by atoms with Gasteiger partial charge in [0.25, 0.3) is 0 Å². The first-order chi connectivity index (χ1) is 46.3. The molecule has 6 aliphatic rings. The summed E-state index contributed by atoms with van der Waals surface area (Å²) in [6.07, 6.45) is -31.2. The van der Waals surface area contributed by atoms with Crippen molar-refractivity contribution in [2.75, 3.05) is 46.1 Å². The Labute approximate surface area is 556 Å². The lowest BCUT2D eigenvalue weighted by Gasteiger charge is -2.46. The second-order valence-electron chi connectivity index (χ2n) is 24.0. The number of aliphatic hydroxyl groups is 13. The predicted octanol–water partition coefficient (Wildman–Crippen LogP) is -11.3. The molecule has 7 heterocycles. The zero-order valence-corrected chi connectivity index (χ0v) is 52.7. The Morgan fingerprint density at radius 1 is 0.608 bits per heavy atom. The number of aliphatic hydroxyl groups excluding tert-OH is 13. The maximum atomic E-state index is 15.2. The Kier molecular flexibility index (Phi) is 25.1. The third-order valence-electron chi connectivity index (χ3n) is 17.4. The predicted molar refractivity (Wildman–Crippen MR) is 330 cm³/mol. The largest absolute Gasteiger partial charge is 0.462 e. The fourth-order valence-corrected chi connectivity index (χ4v) is 12.5. The van der Waals surface area contributed by atoms with Crippen LogP contribution in [0, 0.1) is 0 Å². The molecule has 0 spiro atoms. The highest BCUT2D eigenvalue weighted by Gasteiger charge is 2.54. The van der Waals surface area contributed by atoms with Crippen LogP contribution < -0.4 is 53.4 Å². The van der Waals surface area contributed by atoms with Crippen molar-refractivity contribution in [1.82, 2.24) is 42.1 Å². The molecule has 5 unspecified atom stereocenters. The van der Waals surface area contributed by atoms with Gasteiger partial charge in [-0.2, -0.15) is 0 Å². The summed E-state index contributed by atoms with van der Waals surface area (Å²) < 4.78 is 34.7. The van der Waals surface area contributed by atoms with Crippen LogP contribution in [0.3, 0.4) is 0 Å². The molecule has 1 aromatic heterocycles. The third kappa shape index (κ3) is 17.2. The van der Waals surface area contributed by atoms with E-state index in [-0.39, 0.29) is 37.0 Å². The summed E-state index contributed by atoms with van der Waals surface area (Å²) >= 11 is 1.41. The number of aliphatic imine (C=N–C) groups is 2. The average Bonchev–Trinajstić information content (AvgIpc) is 1.76. The van der Waals surface area contributed by atoms with Crippen LogP contribution in [0.25, 0.3) is 0 Å². The number of ether oxygens (including phenoxy) is 6. The van der Waals surface area contributed by atoms with Crippen LogP contribution in [0.15, 0.2) is 82.1 Å². The minimum absolute atomic E-state index is 0.0611. The molecule has 24 N–H and O–H groups in total. The Balaban J connectivity index is 0.989. The van der Waals surface area contributed by atoms with Crippen molar-refractivity contribution < 1.29 is 124 Å². The topological polar surface area (TPSA) is 585 Å². The van der Waals surface area contributed by atoms with Gasteiger partial charge >= 0.3 is 0 Å². The van der Waals surface area contributed by atoms with Gasteiger partial charge in [0.2, 0.25) is 41.7 Å². The molecule has 38 heteroatoms. The first kappa shape index (κ1) is 73.8. The number of nitrogens with zero attached hydrogens (tertiary/aromatic N) is 3. The number of thiophene rings is 1. The summed E-state index contributed by atoms with van der Waals surface area (Å²) in [6, 6.07) is 4.54. The maximum absolute atomic E-state index is 15.2. The summed E-state index contributed by atoms with van der Waals surface area (Å²) in [5.74, 6) is -8.96. The van der Waals surface area contributed by atoms with Crippen molar-refractivity contribution in [1.29, 1.82) is 0 Å². The Morgan fingerprint density at radius 2 is 1.24 bits per heavy atom. The standard InChI is InChI=1S/C59H82N12O25S/c1-23(25-6-3-2-4-7-25)36-52(88)65-28(14-24-9-11-26(12-10-24)92-56-48(85)45(82)49(33(20-74)94-56)96-57-47(84)44(81)42(79)34(95-57)22-91-21-27-8-5-13-97-27)51(87)69-37(39(76)29-15-63-58(60)67-29)54(90)70-38(53(89)66-30(18-72)50(86)62-17-35(75)68-36)40(77)31-16-64-59(61)71(31)55-46(83)43(80)41(78)32(19-73)93-55/h2-13,23,28-34,36-49,55-57,72-74,76-85H,14-22H2,1H3,(H2,61,64)(H,62,86)(H,65,88)(H,66,89)(H,68,75)(H,69,87)(H,70,90)(H3,60,63,67)/t23?,28-,29?,30+,31?,32-,33-,34-,36+,37+,38-,39?,40?,41-,42-,43+,44+,45-,46+,47+,48+,49-,55+,56+,57-/m1/s1. The van der Waals surface area contributed by atoms with Crippen molar-refractivity contribution in [3.63, 3.8) is 0 Å². The van der Waals surface area contributed by atoms with Gasteiger partial charge in [0, 0.05) is 17.2 Å². The van der Waals surface area contributed by atoms with Crippen LogP contribution in [-0.4, -0.2) is 311 Å². The van der Waals surface area contributed by atoms with E-state index in [2.05, 4.69) is 47.2 Å². The van der Waals surface area contributed by atoms with E-state index < -0.39 is 233 Å². The van der Waals surface area contributed by atoms with Gasteiger partial charge in [0.05, 0.1) is 64.8 Å². The molecule has 0 saturated carbocycles. The van der Waals surface area contributed by atoms with E-state index in [4.69, 9.17) is 39.9 Å². The second-order valence-corrected chi connectivity index (χ2v) is 25.0. The smallest absolute Gasteiger partial charge is 0.246 e. The van der Waals surface area contributed by atoms with Crippen LogP contribution in [0.2, 0.25) is 0 Å². The van der Waals surface area contributed by atoms with Crippen molar-refractivity contribution >= 4 is 58.7 Å². The number of rotatable bonds is 20. The van der Waals surface area contributed by atoms with Crippen LogP contribution in [0.4, 0.5) is 0 Å². The monoisotopic (exact) mass is 1390 g/mol. The van der Waals surface area contributed by atoms with E-state index in [0.29, 0.717) is 5.56 Å². The van der Waals surface area contributed by atoms with Gasteiger partial charge < -0.3 is 148 Å². The molecule has 0 radical (unpaired) electrons. The van der Waals surface area contributed by atoms with E-state index >= 15 is 9.59 Å². The van der Waals surface area contributed by atoms with Crippen LogP contribution in [0.1, 0.15) is 28.8 Å². The van der Waals surface area contributed by atoms with Crippen LogP contribution >= 0.6 is 11.3 Å². The molecule has 9 rings (SSSR count). The summed E-state index contributed by atoms with van der Waals surface area (Å²) in [4.78, 5) is 97.2. The molecular weight excluding hydrogens is 1310 g/mol. The summed E-state index contributed by atoms with van der Waals surface area (Å²) in [5, 5.41) is 162. The highest BCUT2D eigenvalue weighted by molar-refractivity contribution is 7.09. The maximum Gasteiger partial charge on any atom is 0.246 e. The third-order valence-corrected chi connectivity index (χ3v) is 18.3. The van der Waals surface area contributed by atoms with Crippen molar-refractivity contribution in [3.05, 3.63) is 88.1 Å². The average molecular weight is 1390 g/mol. The van der Waals surface area contributed by atoms with Gasteiger partial charge in [-0.15, -0.1) is 11.3 Å². The van der Waals surface area contributed by atoms with Crippen LogP contribution in [-0.2, 0) is 65.5 Å². The lowest BCUT2D eigenvalue weighted by Crippen LogP contribution is -2.70. The molecule has 2 aromatic carbocycles. The van der Waals surface area contributed by atoms with Crippen LogP contribution in [0.5, 0.6) is 5.75 Å². The molecule has 3 aromatic rings. The molecular formula is C59H82N12O25S. The quantitative estimate of drug-likeness (QED) is 0.0499. The molecule has 0 bridgehead atoms. The zero-order chi connectivity index (χ0) is 70.1. The fraction of sp³-hybridized carbons (Fsp3) is 0.593. The number of carbonyl (C=O) groups excluding carboxylic acids is 6. The van der Waals surface area contributed by atoms with Gasteiger partial charge in [0.15, 0.2) is 24.4 Å². The second kappa shape index (κ2) is 33.0. The van der Waals surface area contributed by atoms with E-state index in [1.165, 1.54) is 35.6 Å².